The second kappa shape index (κ2) is 6.38. The highest BCUT2D eigenvalue weighted by Gasteiger charge is 2.02. The van der Waals surface area contributed by atoms with Crippen LogP contribution in [0.3, 0.4) is 0 Å². The van der Waals surface area contributed by atoms with Crippen molar-refractivity contribution in [3.05, 3.63) is 47.8 Å². The van der Waals surface area contributed by atoms with Gasteiger partial charge in [0.2, 0.25) is 0 Å². The molecule has 0 radical (unpaired) electrons. The average Bonchev–Trinajstić information content (AvgIpc) is 2.84. The van der Waals surface area contributed by atoms with E-state index >= 15 is 0 Å². The third-order valence-electron chi connectivity index (χ3n) is 2.87. The predicted molar refractivity (Wildman–Crippen MR) is 76.3 cm³/mol. The van der Waals surface area contributed by atoms with Gasteiger partial charge in [0.1, 0.15) is 5.75 Å². The van der Waals surface area contributed by atoms with Crippen LogP contribution in [0.2, 0.25) is 0 Å². The van der Waals surface area contributed by atoms with Gasteiger partial charge in [-0.2, -0.15) is 5.10 Å². The largest absolute Gasteiger partial charge is 0.497 e. The molecule has 1 N–H and O–H groups in total. The van der Waals surface area contributed by atoms with Crippen LogP contribution in [-0.2, 0) is 13.1 Å². The molecule has 0 spiro atoms. The van der Waals surface area contributed by atoms with E-state index in [0.717, 1.165) is 24.5 Å². The summed E-state index contributed by atoms with van der Waals surface area (Å²) in [6.07, 6.45) is 2.01. The highest BCUT2D eigenvalue weighted by molar-refractivity contribution is 5.28. The van der Waals surface area contributed by atoms with Crippen molar-refractivity contribution in [2.24, 2.45) is 0 Å². The van der Waals surface area contributed by atoms with Gasteiger partial charge < -0.3 is 10.1 Å². The lowest BCUT2D eigenvalue weighted by Crippen LogP contribution is -2.22. The van der Waals surface area contributed by atoms with Gasteiger partial charge in [-0.15, -0.1) is 0 Å². The summed E-state index contributed by atoms with van der Waals surface area (Å²) in [4.78, 5) is 0. The van der Waals surface area contributed by atoms with E-state index in [4.69, 9.17) is 4.74 Å². The Kier molecular flexibility index (Phi) is 4.58. The maximum absolute atomic E-state index is 5.22. The number of nitrogens with one attached hydrogen (secondary N) is 1. The summed E-state index contributed by atoms with van der Waals surface area (Å²) in [6, 6.07) is 10.6. The van der Waals surface area contributed by atoms with Gasteiger partial charge in [-0.25, -0.2) is 0 Å². The van der Waals surface area contributed by atoms with E-state index < -0.39 is 0 Å². The Hall–Kier alpha value is -1.81. The van der Waals surface area contributed by atoms with E-state index in [1.54, 1.807) is 7.11 Å². The van der Waals surface area contributed by atoms with Gasteiger partial charge >= 0.3 is 0 Å². The molecule has 1 aromatic heterocycles. The molecule has 0 saturated heterocycles. The van der Waals surface area contributed by atoms with E-state index in [2.05, 4.69) is 36.4 Å². The zero-order valence-electron chi connectivity index (χ0n) is 11.8. The molecule has 4 heteroatoms. The lowest BCUT2D eigenvalue weighted by molar-refractivity contribution is 0.414. The molecule has 0 unspecified atom stereocenters. The lowest BCUT2D eigenvalue weighted by atomic mass is 10.2. The molecule has 4 nitrogen and oxygen atoms in total. The SMILES string of the molecule is COc1cccc(Cn2ccc(CNC(C)C)n2)c1. The highest BCUT2D eigenvalue weighted by Crippen LogP contribution is 2.13. The van der Waals surface area contributed by atoms with Crippen molar-refractivity contribution in [2.45, 2.75) is 33.0 Å². The van der Waals surface area contributed by atoms with E-state index in [1.807, 2.05) is 29.1 Å². The normalized spacial score (nSPS) is 10.9. The second-order valence-corrected chi connectivity index (χ2v) is 4.89. The zero-order valence-corrected chi connectivity index (χ0v) is 11.8. The fourth-order valence-electron chi connectivity index (χ4n) is 1.85. The van der Waals surface area contributed by atoms with Crippen LogP contribution in [0.4, 0.5) is 0 Å². The second-order valence-electron chi connectivity index (χ2n) is 4.89. The summed E-state index contributed by atoms with van der Waals surface area (Å²) in [6.45, 7) is 5.84. The van der Waals surface area contributed by atoms with Crippen molar-refractivity contribution in [3.63, 3.8) is 0 Å². The Bertz CT molecular complexity index is 520. The van der Waals surface area contributed by atoms with Crippen LogP contribution in [-0.4, -0.2) is 22.9 Å². The average molecular weight is 259 g/mol. The van der Waals surface area contributed by atoms with E-state index in [-0.39, 0.29) is 0 Å². The van der Waals surface area contributed by atoms with E-state index in [9.17, 15) is 0 Å². The molecule has 102 valence electrons. The maximum Gasteiger partial charge on any atom is 0.119 e. The van der Waals surface area contributed by atoms with Gasteiger partial charge in [-0.3, -0.25) is 4.68 Å². The molecule has 0 fully saturated rings. The summed E-state index contributed by atoms with van der Waals surface area (Å²) in [7, 11) is 1.68. The Balaban J connectivity index is 1.99. The number of benzene rings is 1. The minimum absolute atomic E-state index is 0.475. The van der Waals surface area contributed by atoms with Crippen LogP contribution in [0.5, 0.6) is 5.75 Å². The fraction of sp³-hybridized carbons (Fsp3) is 0.400. The molecule has 2 aromatic rings. The van der Waals surface area contributed by atoms with Gasteiger partial charge in [0.05, 0.1) is 19.3 Å². The van der Waals surface area contributed by atoms with Crippen LogP contribution in [0.25, 0.3) is 0 Å². The summed E-state index contributed by atoms with van der Waals surface area (Å²) < 4.78 is 7.17. The van der Waals surface area contributed by atoms with E-state index in [1.165, 1.54) is 5.56 Å². The molecular weight excluding hydrogens is 238 g/mol. The standard InChI is InChI=1S/C15H21N3O/c1-12(2)16-10-14-7-8-18(17-14)11-13-5-4-6-15(9-13)19-3/h4-9,12,16H,10-11H2,1-3H3. The number of aromatic nitrogens is 2. The third-order valence-corrected chi connectivity index (χ3v) is 2.87. The number of hydrogen-bond acceptors (Lipinski definition) is 3. The quantitative estimate of drug-likeness (QED) is 0.866. The molecule has 0 atom stereocenters. The summed E-state index contributed by atoms with van der Waals surface area (Å²) in [5.41, 5.74) is 2.25. The van der Waals surface area contributed by atoms with Gasteiger partial charge in [0.15, 0.2) is 0 Å². The number of ether oxygens (including phenoxy) is 1. The van der Waals surface area contributed by atoms with E-state index in [0.29, 0.717) is 6.04 Å². The van der Waals surface area contributed by atoms with Crippen LogP contribution in [0, 0.1) is 0 Å². The Morgan fingerprint density at radius 1 is 1.32 bits per heavy atom. The molecule has 1 heterocycles. The monoisotopic (exact) mass is 259 g/mol. The number of rotatable bonds is 6. The van der Waals surface area contributed by atoms with Gasteiger partial charge in [0.25, 0.3) is 0 Å². The summed E-state index contributed by atoms with van der Waals surface area (Å²) >= 11 is 0. The highest BCUT2D eigenvalue weighted by atomic mass is 16.5. The van der Waals surface area contributed by atoms with Crippen molar-refractivity contribution >= 4 is 0 Å². The predicted octanol–water partition coefficient (Wildman–Crippen LogP) is 2.44. The summed E-state index contributed by atoms with van der Waals surface area (Å²) in [5, 5.41) is 7.91. The summed E-state index contributed by atoms with van der Waals surface area (Å²) in [5.74, 6) is 0.881. The first kappa shape index (κ1) is 13.6. The molecule has 0 saturated carbocycles. The number of methoxy groups -OCH3 is 1. The fourth-order valence-corrected chi connectivity index (χ4v) is 1.85. The molecule has 19 heavy (non-hydrogen) atoms. The van der Waals surface area contributed by atoms with Gasteiger partial charge in [-0.05, 0) is 23.8 Å². The first-order valence-corrected chi connectivity index (χ1v) is 6.56. The van der Waals surface area contributed by atoms with Crippen molar-refractivity contribution < 1.29 is 4.74 Å². The molecule has 0 bridgehead atoms. The topological polar surface area (TPSA) is 39.1 Å². The zero-order chi connectivity index (χ0) is 13.7. The van der Waals surface area contributed by atoms with Crippen molar-refractivity contribution in [2.75, 3.05) is 7.11 Å². The minimum Gasteiger partial charge on any atom is -0.497 e. The maximum atomic E-state index is 5.22. The molecular formula is C15H21N3O. The van der Waals surface area contributed by atoms with Gasteiger partial charge in [-0.1, -0.05) is 26.0 Å². The minimum atomic E-state index is 0.475. The third kappa shape index (κ3) is 4.10. The Labute approximate surface area is 114 Å². The number of nitrogens with zero attached hydrogens (tertiary/aromatic N) is 2. The van der Waals surface area contributed by atoms with Crippen LogP contribution in [0.1, 0.15) is 25.1 Å². The smallest absolute Gasteiger partial charge is 0.119 e. The van der Waals surface area contributed by atoms with Crippen LogP contribution < -0.4 is 10.1 Å². The Morgan fingerprint density at radius 3 is 2.89 bits per heavy atom. The molecule has 0 aliphatic heterocycles. The van der Waals surface area contributed by atoms with Crippen molar-refractivity contribution in [3.8, 4) is 5.75 Å². The number of hydrogen-bond donors (Lipinski definition) is 1. The van der Waals surface area contributed by atoms with Crippen LogP contribution >= 0.6 is 0 Å². The van der Waals surface area contributed by atoms with Crippen molar-refractivity contribution in [1.29, 1.82) is 0 Å². The van der Waals surface area contributed by atoms with Crippen LogP contribution in [0.15, 0.2) is 36.5 Å². The first-order chi connectivity index (χ1) is 9.17. The lowest BCUT2D eigenvalue weighted by Gasteiger charge is -2.06. The molecule has 0 aliphatic carbocycles. The van der Waals surface area contributed by atoms with Crippen molar-refractivity contribution in [1.82, 2.24) is 15.1 Å². The first-order valence-electron chi connectivity index (χ1n) is 6.56. The van der Waals surface area contributed by atoms with Gasteiger partial charge in [0, 0.05) is 18.8 Å². The molecule has 1 aromatic carbocycles. The molecule has 0 amide bonds. The Morgan fingerprint density at radius 2 is 2.16 bits per heavy atom. The molecule has 0 aliphatic rings. The molecule has 2 rings (SSSR count).